The average molecular weight is 409 g/mol. The van der Waals surface area contributed by atoms with Crippen LogP contribution in [0.5, 0.6) is 0 Å². The maximum absolute atomic E-state index is 11.2. The van der Waals surface area contributed by atoms with Crippen molar-refractivity contribution in [2.24, 2.45) is 5.41 Å². The second kappa shape index (κ2) is 3.53. The quantitative estimate of drug-likeness (QED) is 0.454. The fourth-order valence-electron chi connectivity index (χ4n) is 1.70. The summed E-state index contributed by atoms with van der Waals surface area (Å²) in [4.78, 5) is 11.2. The van der Waals surface area contributed by atoms with Gasteiger partial charge in [-0.05, 0) is 11.8 Å². The molecular weight excluding hydrogens is 397 g/mol. The van der Waals surface area contributed by atoms with E-state index in [1.54, 1.807) is 0 Å². The SMILES string of the molecule is CC1(C)CC(=O)CC(=[C-]C#N)C1.[Cm]. The molecule has 0 N–H and O–H groups in total. The maximum atomic E-state index is 11.2. The Kier molecular flexibility index (Phi) is 2.96. The largest absolute Gasteiger partial charge is 0.386 e. The standard InChI is InChI=1S/C10H12NO.Cm/c1-10(2)6-8(3-4-11)5-9(12)7-10;/h5-7H2,1-2H3;/q-1;. The van der Waals surface area contributed by atoms with Gasteiger partial charge in [0.15, 0.2) is 0 Å². The number of allylic oxidation sites excluding steroid dienone is 2. The minimum Gasteiger partial charge on any atom is -0.386 e. The van der Waals surface area contributed by atoms with Gasteiger partial charge in [-0.25, -0.2) is 10.8 Å². The molecule has 72 valence electrons. The molecule has 1 saturated carbocycles. The molecule has 1 rings (SSSR count). The summed E-state index contributed by atoms with van der Waals surface area (Å²) in [6, 6.07) is 1.86. The van der Waals surface area contributed by atoms with Gasteiger partial charge in [0, 0.05) is 6.42 Å². The molecule has 2 nitrogen and oxygen atoms in total. The van der Waals surface area contributed by atoms with E-state index >= 15 is 0 Å². The number of Topliss-reactive ketones (excluding diaryl/α,β-unsaturated/α-hetero) is 1. The Morgan fingerprint density at radius 1 is 1.46 bits per heavy atom. The van der Waals surface area contributed by atoms with Crippen molar-refractivity contribution in [2.45, 2.75) is 33.1 Å². The number of carbonyl (C=O) groups is 1. The number of hydrogen-bond donors (Lipinski definition) is 0. The van der Waals surface area contributed by atoms with E-state index in [1.807, 2.05) is 19.9 Å². The summed E-state index contributed by atoms with van der Waals surface area (Å²) < 4.78 is 0. The van der Waals surface area contributed by atoms with Crippen molar-refractivity contribution in [2.75, 3.05) is 0 Å². The third-order valence-electron chi connectivity index (χ3n) is 2.01. The molecule has 0 bridgehead atoms. The van der Waals surface area contributed by atoms with Crippen molar-refractivity contribution in [3.8, 4) is 6.07 Å². The zero-order valence-corrected chi connectivity index (χ0v) is 10.8. The molecule has 0 amide bonds. The van der Waals surface area contributed by atoms with Gasteiger partial charge in [-0.1, -0.05) is 20.3 Å². The van der Waals surface area contributed by atoms with Crippen LogP contribution in [-0.2, 0) is 4.79 Å². The molecule has 0 saturated heterocycles. The Morgan fingerprint density at radius 3 is 2.54 bits per heavy atom. The predicted octanol–water partition coefficient (Wildman–Crippen LogP) is 2.02. The molecule has 3 heteroatoms. The molecule has 0 aromatic heterocycles. The third kappa shape index (κ3) is 2.78. The topological polar surface area (TPSA) is 40.9 Å². The van der Waals surface area contributed by atoms with E-state index in [0.29, 0.717) is 12.8 Å². The van der Waals surface area contributed by atoms with Gasteiger partial charge in [-0.3, -0.25) is 4.79 Å². The number of hydrogen-bond acceptors (Lipinski definition) is 2. The summed E-state index contributed by atoms with van der Waals surface area (Å²) in [7, 11) is 0. The van der Waals surface area contributed by atoms with Crippen molar-refractivity contribution >= 4 is 5.78 Å². The number of carbonyl (C=O) groups excluding carboxylic acids is 1. The van der Waals surface area contributed by atoms with Crippen LogP contribution in [0.3, 0.4) is 0 Å². The number of nitriles is 1. The van der Waals surface area contributed by atoms with Gasteiger partial charge in [-0.2, -0.15) is 0 Å². The third-order valence-corrected chi connectivity index (χ3v) is 2.01. The van der Waals surface area contributed by atoms with Gasteiger partial charge < -0.3 is 6.08 Å². The van der Waals surface area contributed by atoms with Crippen LogP contribution in [0.15, 0.2) is 5.57 Å². The first-order valence-corrected chi connectivity index (χ1v) is 4.05. The predicted molar refractivity (Wildman–Crippen MR) is 45.0 cm³/mol. The molecule has 0 radical (unpaired) electrons. The van der Waals surface area contributed by atoms with Crippen LogP contribution in [-0.4, -0.2) is 5.78 Å². The first-order valence-electron chi connectivity index (χ1n) is 4.05. The number of nitrogens with zero attached hydrogens (tertiary/aromatic N) is 1. The van der Waals surface area contributed by atoms with Crippen molar-refractivity contribution in [1.29, 1.82) is 5.26 Å². The molecule has 1 aliphatic rings. The Balaban J connectivity index is 0.00000144. The fraction of sp³-hybridized carbons (Fsp3) is 0.600. The molecule has 0 aromatic rings. The summed E-state index contributed by atoms with van der Waals surface area (Å²) in [5, 5.41) is 8.38. The summed E-state index contributed by atoms with van der Waals surface area (Å²) in [5.74, 6) is 0.226. The maximum Gasteiger partial charge on any atom is 0.134 e. The van der Waals surface area contributed by atoms with Gasteiger partial charge in [0.05, 0.1) is 0 Å². The van der Waals surface area contributed by atoms with Crippen molar-refractivity contribution < 1.29 is 4.79 Å². The molecule has 0 aliphatic heterocycles. The molecule has 0 aromatic carbocycles. The molecule has 1 aliphatic carbocycles. The van der Waals surface area contributed by atoms with E-state index in [4.69, 9.17) is 5.26 Å². The van der Waals surface area contributed by atoms with E-state index in [2.05, 4.69) is 6.08 Å². The normalized spacial score (nSPS) is 23.5. The van der Waals surface area contributed by atoms with Gasteiger partial charge >= 0.3 is 0 Å². The Hall–Kier alpha value is -2.10. The molecule has 0 atom stereocenters. The van der Waals surface area contributed by atoms with Crippen LogP contribution in [0, 0.1) is 22.8 Å². The first-order chi connectivity index (χ1) is 5.53. The van der Waals surface area contributed by atoms with Crippen LogP contribution < -0.4 is 0 Å². The van der Waals surface area contributed by atoms with E-state index in [-0.39, 0.29) is 11.2 Å². The van der Waals surface area contributed by atoms with E-state index < -0.39 is 0 Å². The fourth-order valence-corrected chi connectivity index (χ4v) is 1.70. The van der Waals surface area contributed by atoms with Gasteiger partial charge in [0.1, 0.15) is 5.78 Å². The molecular formula is C10H12CmNO-. The Morgan fingerprint density at radius 2 is 2.08 bits per heavy atom. The summed E-state index contributed by atoms with van der Waals surface area (Å²) in [6.45, 7) is 4.09. The molecule has 0 unspecified atom stereocenters. The van der Waals surface area contributed by atoms with Crippen molar-refractivity contribution in [1.82, 2.24) is 0 Å². The second-order valence-electron chi connectivity index (χ2n) is 4.07. The van der Waals surface area contributed by atoms with Crippen LogP contribution in [0.1, 0.15) is 33.1 Å². The second-order valence-corrected chi connectivity index (χ2v) is 4.07. The van der Waals surface area contributed by atoms with E-state index in [9.17, 15) is 4.79 Å². The van der Waals surface area contributed by atoms with Crippen molar-refractivity contribution in [3.63, 3.8) is 0 Å². The van der Waals surface area contributed by atoms with Crippen LogP contribution in [0.4, 0.5) is 0 Å². The zero-order chi connectivity index (χ0) is 9.19. The van der Waals surface area contributed by atoms with Gasteiger partial charge in [0.2, 0.25) is 0 Å². The average Bonchev–Trinajstić information content (AvgIpc) is 1.82. The molecule has 13 heavy (non-hydrogen) atoms. The summed E-state index contributed by atoms with van der Waals surface area (Å²) in [5.41, 5.74) is 0.882. The van der Waals surface area contributed by atoms with Crippen LogP contribution >= 0.6 is 0 Å². The summed E-state index contributed by atoms with van der Waals surface area (Å²) >= 11 is 0. The van der Waals surface area contributed by atoms with Gasteiger partial charge in [0.25, 0.3) is 0 Å². The first kappa shape index (κ1) is 10.9. The van der Waals surface area contributed by atoms with Gasteiger partial charge in [-0.15, -0.1) is 6.07 Å². The van der Waals surface area contributed by atoms with Crippen LogP contribution in [0.25, 0.3) is 0 Å². The monoisotopic (exact) mass is 405 g/mol. The Bertz CT molecular complexity index is 273. The molecule has 0 heterocycles. The Labute approximate surface area is 72.9 Å². The van der Waals surface area contributed by atoms with E-state index in [1.165, 1.54) is 0 Å². The zero-order valence-electron chi connectivity index (χ0n) is 7.83. The van der Waals surface area contributed by atoms with E-state index in [0.717, 1.165) is 12.0 Å². The molecule has 0 spiro atoms. The number of rotatable bonds is 0. The summed E-state index contributed by atoms with van der Waals surface area (Å²) in [6.07, 6.45) is 4.45. The van der Waals surface area contributed by atoms with Crippen LogP contribution in [0.2, 0.25) is 0 Å². The molecule has 1 fully saturated rings. The van der Waals surface area contributed by atoms with Crippen molar-refractivity contribution in [3.05, 3.63) is 11.6 Å². The minimum atomic E-state index is 0. The number of ketones is 1. The minimum absolute atomic E-state index is 0. The smallest absolute Gasteiger partial charge is 0.134 e.